The second kappa shape index (κ2) is 7.34. The van der Waals surface area contributed by atoms with E-state index < -0.39 is 0 Å². The van der Waals surface area contributed by atoms with Gasteiger partial charge in [0.15, 0.2) is 18.7 Å². The molecule has 1 aromatic heterocycles. The number of nitrogens with one attached hydrogen (secondary N) is 1. The summed E-state index contributed by atoms with van der Waals surface area (Å²) >= 11 is 0. The summed E-state index contributed by atoms with van der Waals surface area (Å²) in [4.78, 5) is 44.1. The lowest BCUT2D eigenvalue weighted by Crippen LogP contribution is -2.44. The molecule has 146 valence electrons. The van der Waals surface area contributed by atoms with E-state index in [0.717, 1.165) is 12.8 Å². The highest BCUT2D eigenvalue weighted by molar-refractivity contribution is 6.00. The fourth-order valence-electron chi connectivity index (χ4n) is 3.59. The van der Waals surface area contributed by atoms with E-state index in [-0.39, 0.29) is 36.1 Å². The van der Waals surface area contributed by atoms with Crippen LogP contribution in [0.25, 0.3) is 0 Å². The summed E-state index contributed by atoms with van der Waals surface area (Å²) in [5.74, 6) is -0.0784. The quantitative estimate of drug-likeness (QED) is 0.854. The first-order valence-corrected chi connectivity index (χ1v) is 9.04. The van der Waals surface area contributed by atoms with Gasteiger partial charge in [-0.1, -0.05) is 0 Å². The van der Waals surface area contributed by atoms with Gasteiger partial charge >= 0.3 is 0 Å². The normalized spacial score (nSPS) is 18.2. The number of ether oxygens (including phenoxy) is 1. The standard InChI is InChI=1S/C19H20N4O5/c1-22(19(26)15-9-27-11-20-15)8-13-3-2-6-23(13)18(25)12-4-5-16-14(7-12)21-17(24)10-28-16/h4-5,7,9,11,13H,2-3,6,8,10H2,1H3,(H,21,24). The third-order valence-electron chi connectivity index (χ3n) is 4.98. The highest BCUT2D eigenvalue weighted by atomic mass is 16.5. The summed E-state index contributed by atoms with van der Waals surface area (Å²) < 4.78 is 10.2. The first-order valence-electron chi connectivity index (χ1n) is 9.04. The maximum absolute atomic E-state index is 13.0. The van der Waals surface area contributed by atoms with Gasteiger partial charge in [0.1, 0.15) is 12.0 Å². The largest absolute Gasteiger partial charge is 0.482 e. The van der Waals surface area contributed by atoms with Gasteiger partial charge in [0.25, 0.3) is 17.7 Å². The molecule has 1 unspecified atom stereocenters. The molecule has 2 aromatic rings. The molecule has 3 heterocycles. The van der Waals surface area contributed by atoms with Crippen LogP contribution in [-0.4, -0.2) is 65.3 Å². The number of hydrogen-bond acceptors (Lipinski definition) is 6. The molecule has 0 aliphatic carbocycles. The molecule has 3 amide bonds. The van der Waals surface area contributed by atoms with Gasteiger partial charge in [-0.3, -0.25) is 14.4 Å². The number of carbonyl (C=O) groups is 3. The molecular weight excluding hydrogens is 364 g/mol. The van der Waals surface area contributed by atoms with Crippen molar-refractivity contribution in [3.8, 4) is 5.75 Å². The van der Waals surface area contributed by atoms with Crippen LogP contribution in [0.1, 0.15) is 33.7 Å². The predicted molar refractivity (Wildman–Crippen MR) is 98.1 cm³/mol. The predicted octanol–water partition coefficient (Wildman–Crippen LogP) is 1.38. The molecule has 2 aliphatic heterocycles. The van der Waals surface area contributed by atoms with Gasteiger partial charge in [0.2, 0.25) is 0 Å². The van der Waals surface area contributed by atoms with Gasteiger partial charge in [-0.2, -0.15) is 0 Å². The number of hydrogen-bond donors (Lipinski definition) is 1. The third kappa shape index (κ3) is 3.42. The molecule has 9 heteroatoms. The molecule has 28 heavy (non-hydrogen) atoms. The minimum absolute atomic E-state index is 0.0274. The molecule has 1 aromatic carbocycles. The molecule has 9 nitrogen and oxygen atoms in total. The molecule has 4 rings (SSSR count). The van der Waals surface area contributed by atoms with Gasteiger partial charge in [0, 0.05) is 31.7 Å². The number of nitrogens with zero attached hydrogens (tertiary/aromatic N) is 3. The second-order valence-electron chi connectivity index (χ2n) is 6.90. The Kier molecular flexibility index (Phi) is 4.72. The molecule has 1 N–H and O–H groups in total. The van der Waals surface area contributed by atoms with Crippen molar-refractivity contribution < 1.29 is 23.5 Å². The highest BCUT2D eigenvalue weighted by Gasteiger charge is 2.32. The minimum atomic E-state index is -0.248. The molecule has 0 radical (unpaired) electrons. The summed E-state index contributed by atoms with van der Waals surface area (Å²) in [5.41, 5.74) is 1.21. The monoisotopic (exact) mass is 384 g/mol. The smallest absolute Gasteiger partial charge is 0.275 e. The van der Waals surface area contributed by atoms with Gasteiger partial charge < -0.3 is 24.3 Å². The van der Waals surface area contributed by atoms with E-state index in [1.807, 2.05) is 0 Å². The van der Waals surface area contributed by atoms with Gasteiger partial charge in [-0.25, -0.2) is 4.98 Å². The summed E-state index contributed by atoms with van der Waals surface area (Å²) in [6.07, 6.45) is 4.20. The van der Waals surface area contributed by atoms with Crippen LogP contribution in [-0.2, 0) is 4.79 Å². The van der Waals surface area contributed by atoms with E-state index in [9.17, 15) is 14.4 Å². The van der Waals surface area contributed by atoms with Crippen LogP contribution in [0.15, 0.2) is 35.3 Å². The zero-order valence-electron chi connectivity index (χ0n) is 15.4. The van der Waals surface area contributed by atoms with E-state index in [2.05, 4.69) is 10.3 Å². The van der Waals surface area contributed by atoms with E-state index in [0.29, 0.717) is 30.1 Å². The second-order valence-corrected chi connectivity index (χ2v) is 6.90. The molecule has 2 aliphatic rings. The first-order chi connectivity index (χ1) is 13.5. The highest BCUT2D eigenvalue weighted by Crippen LogP contribution is 2.30. The van der Waals surface area contributed by atoms with Gasteiger partial charge in [-0.05, 0) is 31.0 Å². The van der Waals surface area contributed by atoms with Crippen LogP contribution in [0, 0.1) is 0 Å². The summed E-state index contributed by atoms with van der Waals surface area (Å²) in [5, 5.41) is 2.72. The Balaban J connectivity index is 1.47. The minimum Gasteiger partial charge on any atom is -0.482 e. The Morgan fingerprint density at radius 1 is 1.39 bits per heavy atom. The van der Waals surface area contributed by atoms with Crippen molar-refractivity contribution in [1.82, 2.24) is 14.8 Å². The number of amides is 3. The Hall–Kier alpha value is -3.36. The average molecular weight is 384 g/mol. The van der Waals surface area contributed by atoms with Crippen LogP contribution >= 0.6 is 0 Å². The van der Waals surface area contributed by atoms with Crippen molar-refractivity contribution in [1.29, 1.82) is 0 Å². The van der Waals surface area contributed by atoms with Gasteiger partial charge in [0.05, 0.1) is 5.69 Å². The Morgan fingerprint density at radius 3 is 3.04 bits per heavy atom. The van der Waals surface area contributed by atoms with E-state index >= 15 is 0 Å². The summed E-state index contributed by atoms with van der Waals surface area (Å²) in [6.45, 7) is 0.998. The molecule has 0 bridgehead atoms. The van der Waals surface area contributed by atoms with Crippen LogP contribution < -0.4 is 10.1 Å². The Morgan fingerprint density at radius 2 is 2.25 bits per heavy atom. The van der Waals surface area contributed by atoms with E-state index in [1.54, 1.807) is 35.0 Å². The molecule has 1 fully saturated rings. The van der Waals surface area contributed by atoms with Crippen molar-refractivity contribution >= 4 is 23.4 Å². The molecule has 0 spiro atoms. The van der Waals surface area contributed by atoms with Crippen LogP contribution in [0.5, 0.6) is 5.75 Å². The van der Waals surface area contributed by atoms with Crippen molar-refractivity contribution in [3.05, 3.63) is 42.1 Å². The van der Waals surface area contributed by atoms with Crippen LogP contribution in [0.3, 0.4) is 0 Å². The van der Waals surface area contributed by atoms with Crippen LogP contribution in [0.2, 0.25) is 0 Å². The van der Waals surface area contributed by atoms with Crippen LogP contribution in [0.4, 0.5) is 5.69 Å². The van der Waals surface area contributed by atoms with Crippen molar-refractivity contribution in [2.45, 2.75) is 18.9 Å². The SMILES string of the molecule is CN(CC1CCCN1C(=O)c1ccc2c(c1)NC(=O)CO2)C(=O)c1cocn1. The summed E-state index contributed by atoms with van der Waals surface area (Å²) in [6, 6.07) is 4.93. The Labute approximate surface area is 161 Å². The zero-order valence-corrected chi connectivity index (χ0v) is 15.4. The number of likely N-dealkylation sites (N-methyl/N-ethyl adjacent to an activating group) is 1. The topological polar surface area (TPSA) is 105 Å². The molecule has 0 saturated carbocycles. The molecule has 1 atom stereocenters. The van der Waals surface area contributed by atoms with Gasteiger partial charge in [-0.15, -0.1) is 0 Å². The number of aromatic nitrogens is 1. The number of carbonyl (C=O) groups excluding carboxylic acids is 3. The third-order valence-corrected chi connectivity index (χ3v) is 4.98. The fourth-order valence-corrected chi connectivity index (χ4v) is 3.59. The fraction of sp³-hybridized carbons (Fsp3) is 0.368. The van der Waals surface area contributed by atoms with Crippen molar-refractivity contribution in [3.63, 3.8) is 0 Å². The lowest BCUT2D eigenvalue weighted by atomic mass is 10.1. The number of fused-ring (bicyclic) bond motifs is 1. The Bertz CT molecular complexity index is 911. The molecule has 1 saturated heterocycles. The lowest BCUT2D eigenvalue weighted by Gasteiger charge is -2.29. The maximum Gasteiger partial charge on any atom is 0.275 e. The number of benzene rings is 1. The van der Waals surface area contributed by atoms with Crippen molar-refractivity contribution in [2.75, 3.05) is 32.1 Å². The number of anilines is 1. The molecular formula is C19H20N4O5. The zero-order chi connectivity index (χ0) is 19.7. The average Bonchev–Trinajstić information content (AvgIpc) is 3.38. The number of rotatable bonds is 4. The lowest BCUT2D eigenvalue weighted by molar-refractivity contribution is -0.118. The number of oxazole rings is 1. The first kappa shape index (κ1) is 18.0. The van der Waals surface area contributed by atoms with Crippen molar-refractivity contribution in [2.24, 2.45) is 0 Å². The van der Waals surface area contributed by atoms with E-state index in [1.165, 1.54) is 12.7 Å². The summed E-state index contributed by atoms with van der Waals surface area (Å²) in [7, 11) is 1.68. The number of likely N-dealkylation sites (tertiary alicyclic amines) is 1. The maximum atomic E-state index is 13.0. The van der Waals surface area contributed by atoms with E-state index in [4.69, 9.17) is 9.15 Å².